The summed E-state index contributed by atoms with van der Waals surface area (Å²) >= 11 is 0. The van der Waals surface area contributed by atoms with Crippen molar-refractivity contribution < 1.29 is 22.7 Å². The van der Waals surface area contributed by atoms with Crippen LogP contribution in [0.1, 0.15) is 55.1 Å². The van der Waals surface area contributed by atoms with Gasteiger partial charge in [0, 0.05) is 12.1 Å². The van der Waals surface area contributed by atoms with Crippen molar-refractivity contribution in [3.8, 4) is 5.75 Å². The van der Waals surface area contributed by atoms with Crippen molar-refractivity contribution >= 4 is 11.7 Å². The third kappa shape index (κ3) is 4.88. The fraction of sp³-hybridized carbons (Fsp3) is 0.524. The van der Waals surface area contributed by atoms with Crippen LogP contribution < -0.4 is 15.4 Å². The van der Waals surface area contributed by atoms with Crippen LogP contribution >= 0.6 is 0 Å². The first-order valence-electron chi connectivity index (χ1n) is 10.1. The standard InChI is InChI=1S/C21H27F3N4O2/c1-4-15-11-18(21(22,23)24)28-19(27-15)17(12-25-28)20(29)26-13(2)5-6-14-7-9-16(30-3)10-8-14/h7-10,12-13,15,18,27H,4-6,11H2,1-3H3,(H,26,29)/t13?,15-,18-/m0/s1. The Hall–Kier alpha value is -2.71. The van der Waals surface area contributed by atoms with Gasteiger partial charge in [-0.15, -0.1) is 0 Å². The summed E-state index contributed by atoms with van der Waals surface area (Å²) < 4.78 is 46.4. The van der Waals surface area contributed by atoms with Gasteiger partial charge in [0.2, 0.25) is 0 Å². The number of alkyl halides is 3. The van der Waals surface area contributed by atoms with Crippen LogP contribution in [0.15, 0.2) is 30.5 Å². The second-order valence-corrected chi connectivity index (χ2v) is 7.66. The summed E-state index contributed by atoms with van der Waals surface area (Å²) in [5.41, 5.74) is 1.25. The lowest BCUT2D eigenvalue weighted by atomic mass is 10.0. The second kappa shape index (κ2) is 8.97. The van der Waals surface area contributed by atoms with E-state index in [1.54, 1.807) is 7.11 Å². The smallest absolute Gasteiger partial charge is 0.410 e. The molecule has 9 heteroatoms. The van der Waals surface area contributed by atoms with Gasteiger partial charge in [0.15, 0.2) is 6.04 Å². The molecule has 0 saturated heterocycles. The lowest BCUT2D eigenvalue weighted by Crippen LogP contribution is -2.40. The molecule has 1 amide bonds. The summed E-state index contributed by atoms with van der Waals surface area (Å²) in [5.74, 6) is 0.486. The Kier molecular flexibility index (Phi) is 6.58. The molecule has 1 aromatic carbocycles. The molecule has 6 nitrogen and oxygen atoms in total. The first-order chi connectivity index (χ1) is 14.2. The fourth-order valence-electron chi connectivity index (χ4n) is 3.62. The Balaban J connectivity index is 1.66. The van der Waals surface area contributed by atoms with Crippen molar-refractivity contribution in [3.63, 3.8) is 0 Å². The van der Waals surface area contributed by atoms with Gasteiger partial charge in [0.1, 0.15) is 17.1 Å². The number of hydrogen-bond acceptors (Lipinski definition) is 4. The molecule has 0 aliphatic carbocycles. The zero-order valence-corrected chi connectivity index (χ0v) is 17.3. The molecule has 1 unspecified atom stereocenters. The number of nitrogens with one attached hydrogen (secondary N) is 2. The number of ether oxygens (including phenoxy) is 1. The van der Waals surface area contributed by atoms with Gasteiger partial charge in [-0.05, 0) is 50.3 Å². The third-order valence-electron chi connectivity index (χ3n) is 5.46. The number of benzene rings is 1. The van der Waals surface area contributed by atoms with E-state index < -0.39 is 18.1 Å². The molecule has 2 N–H and O–H groups in total. The molecule has 1 aliphatic rings. The molecular weight excluding hydrogens is 397 g/mol. The number of halogens is 3. The zero-order chi connectivity index (χ0) is 21.9. The first-order valence-corrected chi connectivity index (χ1v) is 10.1. The van der Waals surface area contributed by atoms with Crippen molar-refractivity contribution in [1.29, 1.82) is 0 Å². The molecule has 164 valence electrons. The largest absolute Gasteiger partial charge is 0.497 e. The molecule has 2 heterocycles. The van der Waals surface area contributed by atoms with E-state index in [1.165, 1.54) is 6.20 Å². The van der Waals surface area contributed by atoms with E-state index in [9.17, 15) is 18.0 Å². The van der Waals surface area contributed by atoms with Crippen LogP contribution in [-0.2, 0) is 6.42 Å². The molecule has 2 aromatic rings. The van der Waals surface area contributed by atoms with Gasteiger partial charge in [-0.1, -0.05) is 19.1 Å². The van der Waals surface area contributed by atoms with Crippen molar-refractivity contribution in [1.82, 2.24) is 15.1 Å². The summed E-state index contributed by atoms with van der Waals surface area (Å²) in [6, 6.07) is 5.45. The number of hydrogen-bond donors (Lipinski definition) is 2. The van der Waals surface area contributed by atoms with Crippen molar-refractivity contribution in [2.75, 3.05) is 12.4 Å². The monoisotopic (exact) mass is 424 g/mol. The Morgan fingerprint density at radius 1 is 1.37 bits per heavy atom. The van der Waals surface area contributed by atoms with Gasteiger partial charge in [-0.25, -0.2) is 4.68 Å². The summed E-state index contributed by atoms with van der Waals surface area (Å²) in [4.78, 5) is 12.7. The van der Waals surface area contributed by atoms with Crippen LogP contribution in [0.5, 0.6) is 5.75 Å². The Morgan fingerprint density at radius 2 is 2.07 bits per heavy atom. The molecular formula is C21H27F3N4O2. The average Bonchev–Trinajstić information content (AvgIpc) is 3.15. The van der Waals surface area contributed by atoms with Crippen LogP contribution in [0, 0.1) is 0 Å². The Morgan fingerprint density at radius 3 is 2.67 bits per heavy atom. The third-order valence-corrected chi connectivity index (χ3v) is 5.46. The summed E-state index contributed by atoms with van der Waals surface area (Å²) in [6.07, 6.45) is -1.34. The number of carbonyl (C=O) groups is 1. The second-order valence-electron chi connectivity index (χ2n) is 7.66. The maximum atomic E-state index is 13.5. The van der Waals surface area contributed by atoms with Gasteiger partial charge in [0.05, 0.1) is 13.3 Å². The zero-order valence-electron chi connectivity index (χ0n) is 17.3. The topological polar surface area (TPSA) is 68.2 Å². The predicted molar refractivity (Wildman–Crippen MR) is 108 cm³/mol. The number of aromatic nitrogens is 2. The van der Waals surface area contributed by atoms with Gasteiger partial charge in [-0.3, -0.25) is 4.79 Å². The van der Waals surface area contributed by atoms with E-state index in [2.05, 4.69) is 15.7 Å². The highest BCUT2D eigenvalue weighted by atomic mass is 19.4. The SMILES string of the molecule is CC[C@H]1C[C@@H](C(F)(F)F)n2ncc(C(=O)NC(C)CCc3ccc(OC)cc3)c2N1. The summed E-state index contributed by atoms with van der Waals surface area (Å²) in [6.45, 7) is 3.69. The minimum atomic E-state index is -4.42. The predicted octanol–water partition coefficient (Wildman–Crippen LogP) is 4.34. The lowest BCUT2D eigenvalue weighted by molar-refractivity contribution is -0.173. The van der Waals surface area contributed by atoms with E-state index in [0.29, 0.717) is 12.8 Å². The van der Waals surface area contributed by atoms with Crippen LogP contribution in [0.2, 0.25) is 0 Å². The number of nitrogens with zero attached hydrogens (tertiary/aromatic N) is 2. The molecule has 30 heavy (non-hydrogen) atoms. The van der Waals surface area contributed by atoms with Crippen molar-refractivity contribution in [2.24, 2.45) is 0 Å². The van der Waals surface area contributed by atoms with Crippen LogP contribution in [0.3, 0.4) is 0 Å². The molecule has 0 saturated carbocycles. The highest BCUT2D eigenvalue weighted by Crippen LogP contribution is 2.40. The van der Waals surface area contributed by atoms with E-state index in [4.69, 9.17) is 4.74 Å². The lowest BCUT2D eigenvalue weighted by Gasteiger charge is -2.33. The molecule has 3 atom stereocenters. The van der Waals surface area contributed by atoms with E-state index in [0.717, 1.165) is 22.4 Å². The molecule has 0 radical (unpaired) electrons. The Labute approximate surface area is 173 Å². The van der Waals surface area contributed by atoms with Gasteiger partial charge in [0.25, 0.3) is 5.91 Å². The molecule has 0 bridgehead atoms. The number of methoxy groups -OCH3 is 1. The van der Waals surface area contributed by atoms with Crippen LogP contribution in [0.4, 0.5) is 19.0 Å². The number of fused-ring (bicyclic) bond motifs is 1. The number of rotatable bonds is 7. The minimum absolute atomic E-state index is 0.103. The van der Waals surface area contributed by atoms with Crippen LogP contribution in [0.25, 0.3) is 0 Å². The summed E-state index contributed by atoms with van der Waals surface area (Å²) in [7, 11) is 1.61. The van der Waals surface area contributed by atoms with Crippen molar-refractivity contribution in [3.05, 3.63) is 41.6 Å². The highest BCUT2D eigenvalue weighted by molar-refractivity contribution is 5.99. The van der Waals surface area contributed by atoms with E-state index in [1.807, 2.05) is 38.1 Å². The van der Waals surface area contributed by atoms with Gasteiger partial charge in [-0.2, -0.15) is 18.3 Å². The maximum absolute atomic E-state index is 13.5. The average molecular weight is 424 g/mol. The normalized spacial score (nSPS) is 19.5. The van der Waals surface area contributed by atoms with Crippen LogP contribution in [-0.4, -0.2) is 41.1 Å². The summed E-state index contributed by atoms with van der Waals surface area (Å²) in [5, 5.41) is 9.79. The van der Waals surface area contributed by atoms with Gasteiger partial charge < -0.3 is 15.4 Å². The van der Waals surface area contributed by atoms with E-state index >= 15 is 0 Å². The molecule has 1 aromatic heterocycles. The molecule has 1 aliphatic heterocycles. The first kappa shape index (κ1) is 22.0. The molecule has 0 fully saturated rings. The highest BCUT2D eigenvalue weighted by Gasteiger charge is 2.46. The fourth-order valence-corrected chi connectivity index (χ4v) is 3.62. The van der Waals surface area contributed by atoms with E-state index in [-0.39, 0.29) is 29.9 Å². The number of anilines is 1. The maximum Gasteiger partial charge on any atom is 0.410 e. The minimum Gasteiger partial charge on any atom is -0.497 e. The molecule has 0 spiro atoms. The quantitative estimate of drug-likeness (QED) is 0.694. The number of amides is 1. The number of carbonyl (C=O) groups excluding carboxylic acids is 1. The Bertz CT molecular complexity index is 864. The van der Waals surface area contributed by atoms with Gasteiger partial charge >= 0.3 is 6.18 Å². The van der Waals surface area contributed by atoms with Crippen molar-refractivity contribution in [2.45, 2.75) is 63.8 Å². The number of aryl methyl sites for hydroxylation is 1. The molecule has 3 rings (SSSR count).